The predicted molar refractivity (Wildman–Crippen MR) is 111 cm³/mol. The van der Waals surface area contributed by atoms with Gasteiger partial charge in [-0.3, -0.25) is 4.79 Å². The van der Waals surface area contributed by atoms with Crippen molar-refractivity contribution in [2.24, 2.45) is 5.41 Å². The molecule has 0 saturated heterocycles. The first kappa shape index (κ1) is 20.4. The zero-order valence-corrected chi connectivity index (χ0v) is 16.7. The Balaban J connectivity index is 2.42. The molecule has 0 saturated carbocycles. The highest BCUT2D eigenvalue weighted by Crippen LogP contribution is 2.47. The Morgan fingerprint density at radius 1 is 0.966 bits per heavy atom. The van der Waals surface area contributed by atoms with Crippen molar-refractivity contribution in [3.63, 3.8) is 0 Å². The van der Waals surface area contributed by atoms with Gasteiger partial charge >= 0.3 is 5.97 Å². The molecule has 5 heteroatoms. The first-order valence-electron chi connectivity index (χ1n) is 9.22. The summed E-state index contributed by atoms with van der Waals surface area (Å²) in [6, 6.07) is 23.4. The summed E-state index contributed by atoms with van der Waals surface area (Å²) < 4.78 is 16.0. The lowest BCUT2D eigenvalue weighted by atomic mass is 9.68. The van der Waals surface area contributed by atoms with Crippen molar-refractivity contribution in [2.75, 3.05) is 27.9 Å². The molecule has 0 N–H and O–H groups in total. The lowest BCUT2D eigenvalue weighted by Gasteiger charge is -2.34. The fourth-order valence-corrected chi connectivity index (χ4v) is 3.92. The van der Waals surface area contributed by atoms with E-state index in [1.54, 1.807) is 7.11 Å². The highest BCUT2D eigenvalue weighted by molar-refractivity contribution is 5.90. The van der Waals surface area contributed by atoms with E-state index in [1.807, 2.05) is 66.7 Å². The highest BCUT2D eigenvalue weighted by Gasteiger charge is 2.50. The van der Waals surface area contributed by atoms with Gasteiger partial charge < -0.3 is 14.2 Å². The minimum atomic E-state index is -1.59. The molecule has 2 atom stereocenters. The number of hydrogen-bond donors (Lipinski definition) is 0. The minimum Gasteiger partial charge on any atom is -0.496 e. The van der Waals surface area contributed by atoms with E-state index in [-0.39, 0.29) is 6.61 Å². The first-order chi connectivity index (χ1) is 14.1. The second-order valence-corrected chi connectivity index (χ2v) is 6.75. The monoisotopic (exact) mass is 389 g/mol. The summed E-state index contributed by atoms with van der Waals surface area (Å²) in [5.74, 6) is -0.724. The van der Waals surface area contributed by atoms with Gasteiger partial charge in [0.1, 0.15) is 5.75 Å². The lowest BCUT2D eigenvalue weighted by Crippen LogP contribution is -2.42. The molecular weight excluding hydrogens is 366 g/mol. The Morgan fingerprint density at radius 3 is 2.31 bits per heavy atom. The number of para-hydroxylation sites is 1. The topological polar surface area (TPSA) is 68.5 Å². The molecule has 0 heterocycles. The van der Waals surface area contributed by atoms with Gasteiger partial charge in [-0.05, 0) is 22.4 Å². The Bertz CT molecular complexity index is 1050. The van der Waals surface area contributed by atoms with Gasteiger partial charge in [-0.1, -0.05) is 60.7 Å². The Kier molecular flexibility index (Phi) is 6.16. The number of methoxy groups -OCH3 is 3. The van der Waals surface area contributed by atoms with Gasteiger partial charge in [0, 0.05) is 18.6 Å². The predicted octanol–water partition coefficient (Wildman–Crippen LogP) is 4.31. The number of nitrogens with zero attached hydrogens (tertiary/aromatic N) is 1. The molecule has 0 unspecified atom stereocenters. The summed E-state index contributed by atoms with van der Waals surface area (Å²) in [5, 5.41) is 12.2. The molecule has 0 aliphatic carbocycles. The maximum Gasteiger partial charge on any atom is 0.329 e. The van der Waals surface area contributed by atoms with E-state index in [0.29, 0.717) is 5.75 Å². The highest BCUT2D eigenvalue weighted by atomic mass is 16.5. The molecule has 0 spiro atoms. The smallest absolute Gasteiger partial charge is 0.329 e. The molecule has 3 aromatic rings. The fraction of sp³-hybridized carbons (Fsp3) is 0.250. The number of esters is 1. The van der Waals surface area contributed by atoms with Crippen LogP contribution in [0.15, 0.2) is 66.7 Å². The molecule has 0 bridgehead atoms. The molecular formula is C24H23NO4. The number of hydrogen-bond acceptors (Lipinski definition) is 5. The molecule has 0 radical (unpaired) electrons. The second kappa shape index (κ2) is 8.76. The van der Waals surface area contributed by atoms with Crippen LogP contribution in [0.3, 0.4) is 0 Å². The fourth-order valence-electron chi connectivity index (χ4n) is 3.92. The van der Waals surface area contributed by atoms with Crippen molar-refractivity contribution >= 4 is 16.7 Å². The molecule has 5 nitrogen and oxygen atoms in total. The number of nitriles is 1. The molecule has 0 aromatic heterocycles. The largest absolute Gasteiger partial charge is 0.496 e. The summed E-state index contributed by atoms with van der Waals surface area (Å²) in [6.07, 6.45) is 0. The zero-order chi connectivity index (χ0) is 20.9. The molecule has 0 amide bonds. The van der Waals surface area contributed by atoms with Crippen molar-refractivity contribution in [1.29, 1.82) is 5.26 Å². The van der Waals surface area contributed by atoms with Crippen molar-refractivity contribution in [1.82, 2.24) is 0 Å². The SMILES string of the molecule is COC[C@](C#N)(C(=O)OC)[C@H](c1ccccc1OC)c1cccc2ccccc12. The summed E-state index contributed by atoms with van der Waals surface area (Å²) in [6.45, 7) is -0.123. The molecule has 0 aliphatic rings. The molecule has 3 rings (SSSR count). The maximum atomic E-state index is 13.0. The van der Waals surface area contributed by atoms with Crippen LogP contribution >= 0.6 is 0 Å². The van der Waals surface area contributed by atoms with Crippen molar-refractivity contribution in [2.45, 2.75) is 5.92 Å². The van der Waals surface area contributed by atoms with Crippen molar-refractivity contribution < 1.29 is 19.0 Å². The van der Waals surface area contributed by atoms with Crippen LogP contribution < -0.4 is 4.74 Å². The van der Waals surface area contributed by atoms with E-state index < -0.39 is 17.3 Å². The van der Waals surface area contributed by atoms with Crippen molar-refractivity contribution in [3.05, 3.63) is 77.9 Å². The van der Waals surface area contributed by atoms with E-state index in [9.17, 15) is 10.1 Å². The molecule has 3 aromatic carbocycles. The van der Waals surface area contributed by atoms with E-state index in [1.165, 1.54) is 14.2 Å². The summed E-state index contributed by atoms with van der Waals surface area (Å²) >= 11 is 0. The van der Waals surface area contributed by atoms with Crippen LogP contribution in [0.5, 0.6) is 5.75 Å². The second-order valence-electron chi connectivity index (χ2n) is 6.75. The van der Waals surface area contributed by atoms with E-state index in [0.717, 1.165) is 21.9 Å². The maximum absolute atomic E-state index is 13.0. The Labute approximate surface area is 170 Å². The third-order valence-corrected chi connectivity index (χ3v) is 5.20. The van der Waals surface area contributed by atoms with E-state index in [4.69, 9.17) is 14.2 Å². The summed E-state index contributed by atoms with van der Waals surface area (Å²) in [5.41, 5.74) is -0.0469. The number of fused-ring (bicyclic) bond motifs is 1. The summed E-state index contributed by atoms with van der Waals surface area (Å²) in [4.78, 5) is 13.0. The Hall–Kier alpha value is -3.36. The van der Waals surface area contributed by atoms with Crippen LogP contribution in [-0.4, -0.2) is 33.9 Å². The molecule has 0 aliphatic heterocycles. The minimum absolute atomic E-state index is 0.123. The lowest BCUT2D eigenvalue weighted by molar-refractivity contribution is -0.152. The van der Waals surface area contributed by atoms with Gasteiger partial charge in [-0.2, -0.15) is 5.26 Å². The number of carbonyl (C=O) groups is 1. The van der Waals surface area contributed by atoms with Gasteiger partial charge in [-0.25, -0.2) is 0 Å². The zero-order valence-electron chi connectivity index (χ0n) is 16.7. The molecule has 29 heavy (non-hydrogen) atoms. The number of benzene rings is 3. The molecule has 0 fully saturated rings. The van der Waals surface area contributed by atoms with Gasteiger partial charge in [0.2, 0.25) is 0 Å². The van der Waals surface area contributed by atoms with Crippen LogP contribution in [0.25, 0.3) is 10.8 Å². The average molecular weight is 389 g/mol. The average Bonchev–Trinajstić information content (AvgIpc) is 2.78. The van der Waals surface area contributed by atoms with Crippen LogP contribution in [0.4, 0.5) is 0 Å². The van der Waals surface area contributed by atoms with E-state index >= 15 is 0 Å². The summed E-state index contributed by atoms with van der Waals surface area (Å²) in [7, 11) is 4.32. The van der Waals surface area contributed by atoms with Crippen LogP contribution in [-0.2, 0) is 14.3 Å². The van der Waals surface area contributed by atoms with Crippen LogP contribution in [0.1, 0.15) is 17.0 Å². The quantitative estimate of drug-likeness (QED) is 0.563. The van der Waals surface area contributed by atoms with E-state index in [2.05, 4.69) is 6.07 Å². The number of carbonyl (C=O) groups excluding carboxylic acids is 1. The first-order valence-corrected chi connectivity index (χ1v) is 9.22. The van der Waals surface area contributed by atoms with Crippen molar-refractivity contribution in [3.8, 4) is 11.8 Å². The third kappa shape index (κ3) is 3.55. The van der Waals surface area contributed by atoms with Gasteiger partial charge in [-0.15, -0.1) is 0 Å². The van der Waals surface area contributed by atoms with Gasteiger partial charge in [0.05, 0.1) is 26.9 Å². The number of ether oxygens (including phenoxy) is 3. The normalized spacial score (nSPS) is 13.9. The van der Waals surface area contributed by atoms with Gasteiger partial charge in [0.25, 0.3) is 0 Å². The molecule has 148 valence electrons. The number of rotatable bonds is 7. The van der Waals surface area contributed by atoms with Gasteiger partial charge in [0.15, 0.2) is 5.41 Å². The van der Waals surface area contributed by atoms with Crippen LogP contribution in [0, 0.1) is 16.7 Å². The third-order valence-electron chi connectivity index (χ3n) is 5.20. The van der Waals surface area contributed by atoms with Crippen LogP contribution in [0.2, 0.25) is 0 Å². The Morgan fingerprint density at radius 2 is 1.62 bits per heavy atom. The standard InChI is InChI=1S/C24H23NO4/c1-27-16-24(15-25,23(26)29-3)22(20-12-6-7-14-21(20)28-2)19-13-8-10-17-9-4-5-11-18(17)19/h4-14,22H,16H2,1-3H3/t22-,24-/m0/s1.